The zero-order chi connectivity index (χ0) is 15.2. The molecule has 1 aliphatic rings. The summed E-state index contributed by atoms with van der Waals surface area (Å²) in [6.45, 7) is 8.30. The molecule has 0 aromatic heterocycles. The quantitative estimate of drug-likeness (QED) is 0.862. The summed E-state index contributed by atoms with van der Waals surface area (Å²) in [5, 5.41) is 3.37. The van der Waals surface area contributed by atoms with Gasteiger partial charge in [0, 0.05) is 37.8 Å². The minimum atomic E-state index is -0.123. The molecular formula is C17H28ClFN2O. The van der Waals surface area contributed by atoms with E-state index in [1.165, 1.54) is 6.07 Å². The van der Waals surface area contributed by atoms with Crippen molar-refractivity contribution in [1.29, 1.82) is 0 Å². The second-order valence-electron chi connectivity index (χ2n) is 5.88. The van der Waals surface area contributed by atoms with Crippen molar-refractivity contribution in [2.75, 3.05) is 33.3 Å². The van der Waals surface area contributed by atoms with Gasteiger partial charge in [0.15, 0.2) is 0 Å². The number of ether oxygens (including phenoxy) is 1. The molecule has 1 saturated heterocycles. The molecule has 2 atom stereocenters. The summed E-state index contributed by atoms with van der Waals surface area (Å²) in [6.07, 6.45) is 2.22. The average molecular weight is 331 g/mol. The van der Waals surface area contributed by atoms with E-state index in [4.69, 9.17) is 4.74 Å². The monoisotopic (exact) mass is 330 g/mol. The Morgan fingerprint density at radius 2 is 2.00 bits per heavy atom. The van der Waals surface area contributed by atoms with Gasteiger partial charge < -0.3 is 10.1 Å². The van der Waals surface area contributed by atoms with Crippen LogP contribution in [0.25, 0.3) is 0 Å². The fourth-order valence-corrected chi connectivity index (χ4v) is 3.31. The lowest BCUT2D eigenvalue weighted by atomic mass is 9.88. The normalized spacial score (nSPS) is 18.4. The molecule has 0 radical (unpaired) electrons. The maximum atomic E-state index is 14.4. The molecule has 1 aliphatic heterocycles. The highest BCUT2D eigenvalue weighted by molar-refractivity contribution is 5.85. The third-order valence-electron chi connectivity index (χ3n) is 4.35. The van der Waals surface area contributed by atoms with Gasteiger partial charge in [-0.2, -0.15) is 0 Å². The topological polar surface area (TPSA) is 24.5 Å². The Hall–Kier alpha value is -0.840. The SMILES string of the molecule is CCCC(C)[C@H](c1cc(OC)ccc1F)N1CCNCC1.Cl. The van der Waals surface area contributed by atoms with Crippen molar-refractivity contribution in [3.63, 3.8) is 0 Å². The Labute approximate surface area is 139 Å². The van der Waals surface area contributed by atoms with Crippen LogP contribution in [0.2, 0.25) is 0 Å². The molecule has 2 rings (SSSR count). The highest BCUT2D eigenvalue weighted by Crippen LogP contribution is 2.35. The van der Waals surface area contributed by atoms with E-state index >= 15 is 0 Å². The van der Waals surface area contributed by atoms with Gasteiger partial charge in [-0.3, -0.25) is 4.90 Å². The summed E-state index contributed by atoms with van der Waals surface area (Å²) in [4.78, 5) is 2.41. The molecule has 1 fully saturated rings. The van der Waals surface area contributed by atoms with E-state index in [-0.39, 0.29) is 24.3 Å². The number of hydrogen-bond acceptors (Lipinski definition) is 3. The summed E-state index contributed by atoms with van der Waals surface area (Å²) in [5.41, 5.74) is 0.775. The number of nitrogens with one attached hydrogen (secondary N) is 1. The van der Waals surface area contributed by atoms with Gasteiger partial charge in [-0.1, -0.05) is 20.3 Å². The summed E-state index contributed by atoms with van der Waals surface area (Å²) in [5.74, 6) is 1.03. The van der Waals surface area contributed by atoms with Crippen molar-refractivity contribution in [2.45, 2.75) is 32.7 Å². The van der Waals surface area contributed by atoms with Crippen LogP contribution in [0.5, 0.6) is 5.75 Å². The molecule has 126 valence electrons. The molecule has 1 aromatic rings. The number of benzene rings is 1. The minimum Gasteiger partial charge on any atom is -0.497 e. The fourth-order valence-electron chi connectivity index (χ4n) is 3.31. The van der Waals surface area contributed by atoms with Crippen LogP contribution in [0.4, 0.5) is 4.39 Å². The van der Waals surface area contributed by atoms with Crippen molar-refractivity contribution in [1.82, 2.24) is 10.2 Å². The van der Waals surface area contributed by atoms with Crippen LogP contribution in [0.1, 0.15) is 38.3 Å². The number of rotatable bonds is 6. The smallest absolute Gasteiger partial charge is 0.128 e. The van der Waals surface area contributed by atoms with Crippen molar-refractivity contribution >= 4 is 12.4 Å². The summed E-state index contributed by atoms with van der Waals surface area (Å²) >= 11 is 0. The van der Waals surface area contributed by atoms with Crippen molar-refractivity contribution < 1.29 is 9.13 Å². The Morgan fingerprint density at radius 1 is 1.32 bits per heavy atom. The molecule has 0 amide bonds. The second-order valence-corrected chi connectivity index (χ2v) is 5.88. The van der Waals surface area contributed by atoms with Gasteiger partial charge in [0.1, 0.15) is 11.6 Å². The van der Waals surface area contributed by atoms with Crippen molar-refractivity contribution in [2.24, 2.45) is 5.92 Å². The first-order chi connectivity index (χ1) is 10.2. The number of methoxy groups -OCH3 is 1. The Morgan fingerprint density at radius 3 is 2.59 bits per heavy atom. The maximum Gasteiger partial charge on any atom is 0.128 e. The van der Waals surface area contributed by atoms with Crippen molar-refractivity contribution in [3.05, 3.63) is 29.6 Å². The molecule has 1 N–H and O–H groups in total. The van der Waals surface area contributed by atoms with Gasteiger partial charge in [-0.15, -0.1) is 12.4 Å². The molecule has 1 aromatic carbocycles. The molecule has 3 nitrogen and oxygen atoms in total. The van der Waals surface area contributed by atoms with E-state index in [1.54, 1.807) is 13.2 Å². The van der Waals surface area contributed by atoms with Gasteiger partial charge in [0.05, 0.1) is 7.11 Å². The molecule has 22 heavy (non-hydrogen) atoms. The van der Waals surface area contributed by atoms with Gasteiger partial charge in [-0.25, -0.2) is 4.39 Å². The predicted molar refractivity (Wildman–Crippen MR) is 91.5 cm³/mol. The Balaban J connectivity index is 0.00000242. The first-order valence-corrected chi connectivity index (χ1v) is 7.95. The third kappa shape index (κ3) is 4.58. The van der Waals surface area contributed by atoms with E-state index in [2.05, 4.69) is 24.1 Å². The molecule has 1 unspecified atom stereocenters. The maximum absolute atomic E-state index is 14.4. The van der Waals surface area contributed by atoms with Crippen LogP contribution in [-0.2, 0) is 0 Å². The predicted octanol–water partition coefficient (Wildman–Crippen LogP) is 3.64. The molecule has 5 heteroatoms. The van der Waals surface area contributed by atoms with Crippen LogP contribution >= 0.6 is 12.4 Å². The molecule has 0 aliphatic carbocycles. The van der Waals surface area contributed by atoms with E-state index in [9.17, 15) is 4.39 Å². The Bertz CT molecular complexity index is 452. The highest BCUT2D eigenvalue weighted by atomic mass is 35.5. The van der Waals surface area contributed by atoms with Crippen LogP contribution < -0.4 is 10.1 Å². The molecule has 0 spiro atoms. The van der Waals surface area contributed by atoms with Crippen LogP contribution in [0.3, 0.4) is 0 Å². The number of piperazine rings is 1. The van der Waals surface area contributed by atoms with Gasteiger partial charge in [-0.05, 0) is 30.5 Å². The summed E-state index contributed by atoms with van der Waals surface area (Å²) < 4.78 is 19.7. The zero-order valence-corrected chi connectivity index (χ0v) is 14.6. The van der Waals surface area contributed by atoms with Crippen molar-refractivity contribution in [3.8, 4) is 5.75 Å². The van der Waals surface area contributed by atoms with E-state index < -0.39 is 0 Å². The minimum absolute atomic E-state index is 0. The van der Waals surface area contributed by atoms with E-state index in [1.807, 2.05) is 6.07 Å². The largest absolute Gasteiger partial charge is 0.497 e. The standard InChI is InChI=1S/C17H27FN2O.ClH/c1-4-5-13(2)17(20-10-8-19-9-11-20)15-12-14(21-3)6-7-16(15)18;/h6-7,12-13,17,19H,4-5,8-11H2,1-3H3;1H/t13?,17-;/m1./s1. The zero-order valence-electron chi connectivity index (χ0n) is 13.8. The lowest BCUT2D eigenvalue weighted by Gasteiger charge is -2.39. The van der Waals surface area contributed by atoms with Crippen LogP contribution in [0.15, 0.2) is 18.2 Å². The molecule has 0 bridgehead atoms. The van der Waals surface area contributed by atoms with Gasteiger partial charge in [0.2, 0.25) is 0 Å². The number of nitrogens with zero attached hydrogens (tertiary/aromatic N) is 1. The Kier molecular flexibility index (Phi) is 8.15. The van der Waals surface area contributed by atoms with E-state index in [0.717, 1.165) is 50.3 Å². The second kappa shape index (κ2) is 9.33. The molecule has 0 saturated carbocycles. The number of halogens is 2. The molecular weight excluding hydrogens is 303 g/mol. The summed E-state index contributed by atoms with van der Waals surface area (Å²) in [7, 11) is 1.63. The fraction of sp³-hybridized carbons (Fsp3) is 0.647. The van der Waals surface area contributed by atoms with Gasteiger partial charge in [0.25, 0.3) is 0 Å². The lowest BCUT2D eigenvalue weighted by Crippen LogP contribution is -2.46. The van der Waals surface area contributed by atoms with E-state index in [0.29, 0.717) is 5.92 Å². The summed E-state index contributed by atoms with van der Waals surface area (Å²) in [6, 6.07) is 5.22. The first kappa shape index (κ1) is 19.2. The average Bonchev–Trinajstić information content (AvgIpc) is 2.51. The van der Waals surface area contributed by atoms with Gasteiger partial charge >= 0.3 is 0 Å². The molecule has 1 heterocycles. The highest BCUT2D eigenvalue weighted by Gasteiger charge is 2.29. The third-order valence-corrected chi connectivity index (χ3v) is 4.35. The lowest BCUT2D eigenvalue weighted by molar-refractivity contribution is 0.123. The van der Waals surface area contributed by atoms with Crippen LogP contribution in [-0.4, -0.2) is 38.2 Å². The van der Waals surface area contributed by atoms with Crippen LogP contribution in [0, 0.1) is 11.7 Å². The first-order valence-electron chi connectivity index (χ1n) is 7.95. The number of hydrogen-bond donors (Lipinski definition) is 1.